The molecular weight excluding hydrogens is 425 g/mol. The molecule has 8 heteroatoms. The second-order valence-electron chi connectivity index (χ2n) is 6.95. The molecule has 0 spiro atoms. The average molecular weight is 442 g/mol. The summed E-state index contributed by atoms with van der Waals surface area (Å²) in [7, 11) is -3.42. The van der Waals surface area contributed by atoms with Gasteiger partial charge in [-0.2, -0.15) is 13.2 Å². The molecule has 4 nitrogen and oxygen atoms in total. The van der Waals surface area contributed by atoms with E-state index in [1.807, 2.05) is 0 Å². The first kappa shape index (κ1) is 21.0. The SMILES string of the molecule is CCS(=O)(=O)c1cncc(-c2cccc(-c3ccnc4c(C(F)(F)F)cccc34)c2)c1. The quantitative estimate of drug-likeness (QED) is 0.402. The summed E-state index contributed by atoms with van der Waals surface area (Å²) in [4.78, 5) is 8.14. The van der Waals surface area contributed by atoms with Crippen LogP contribution in [0.3, 0.4) is 0 Å². The fourth-order valence-corrected chi connectivity index (χ4v) is 4.30. The van der Waals surface area contributed by atoms with Gasteiger partial charge in [0.25, 0.3) is 0 Å². The number of pyridine rings is 2. The Kier molecular flexibility index (Phi) is 5.26. The zero-order valence-corrected chi connectivity index (χ0v) is 17.2. The van der Waals surface area contributed by atoms with E-state index in [0.717, 1.165) is 6.07 Å². The van der Waals surface area contributed by atoms with E-state index in [-0.39, 0.29) is 16.2 Å². The number of aromatic nitrogens is 2. The minimum absolute atomic E-state index is 0.0390. The number of sulfone groups is 1. The molecule has 0 saturated heterocycles. The van der Waals surface area contributed by atoms with E-state index in [0.29, 0.717) is 27.6 Å². The minimum atomic E-state index is -4.51. The molecule has 4 aromatic rings. The van der Waals surface area contributed by atoms with Gasteiger partial charge in [-0.3, -0.25) is 9.97 Å². The lowest BCUT2D eigenvalue weighted by Gasteiger charge is -2.13. The van der Waals surface area contributed by atoms with Gasteiger partial charge in [-0.05, 0) is 41.0 Å². The molecule has 0 aliphatic carbocycles. The summed E-state index contributed by atoms with van der Waals surface area (Å²) in [5.41, 5.74) is 1.69. The Morgan fingerprint density at radius 3 is 2.39 bits per heavy atom. The molecule has 0 unspecified atom stereocenters. The molecule has 2 heterocycles. The molecule has 0 atom stereocenters. The van der Waals surface area contributed by atoms with E-state index in [4.69, 9.17) is 0 Å². The van der Waals surface area contributed by atoms with E-state index in [2.05, 4.69) is 9.97 Å². The van der Waals surface area contributed by atoms with Gasteiger partial charge in [0.2, 0.25) is 0 Å². The Balaban J connectivity index is 1.86. The lowest BCUT2D eigenvalue weighted by molar-refractivity contribution is -0.136. The third-order valence-electron chi connectivity index (χ3n) is 5.04. The van der Waals surface area contributed by atoms with Crippen molar-refractivity contribution in [1.29, 1.82) is 0 Å². The van der Waals surface area contributed by atoms with Crippen LogP contribution in [0.1, 0.15) is 12.5 Å². The van der Waals surface area contributed by atoms with Crippen LogP contribution < -0.4 is 0 Å². The van der Waals surface area contributed by atoms with Crippen LogP contribution in [0.5, 0.6) is 0 Å². The van der Waals surface area contributed by atoms with Gasteiger partial charge in [0.05, 0.1) is 21.7 Å². The first-order valence-corrected chi connectivity index (χ1v) is 11.1. The number of hydrogen-bond donors (Lipinski definition) is 0. The van der Waals surface area contributed by atoms with Crippen LogP contribution in [-0.2, 0) is 16.0 Å². The minimum Gasteiger partial charge on any atom is -0.263 e. The zero-order chi connectivity index (χ0) is 22.2. The van der Waals surface area contributed by atoms with E-state index in [1.165, 1.54) is 18.5 Å². The van der Waals surface area contributed by atoms with Gasteiger partial charge >= 0.3 is 6.18 Å². The van der Waals surface area contributed by atoms with Gasteiger partial charge in [-0.15, -0.1) is 0 Å². The second kappa shape index (κ2) is 7.77. The number of rotatable bonds is 4. The van der Waals surface area contributed by atoms with E-state index in [9.17, 15) is 21.6 Å². The van der Waals surface area contributed by atoms with Crippen LogP contribution in [-0.4, -0.2) is 24.1 Å². The molecule has 158 valence electrons. The van der Waals surface area contributed by atoms with Crippen LogP contribution in [0.2, 0.25) is 0 Å². The maximum atomic E-state index is 13.4. The highest BCUT2D eigenvalue weighted by Crippen LogP contribution is 2.37. The van der Waals surface area contributed by atoms with Crippen LogP contribution in [0.15, 0.2) is 78.1 Å². The fourth-order valence-electron chi connectivity index (χ4n) is 3.44. The summed E-state index contributed by atoms with van der Waals surface area (Å²) in [6.07, 6.45) is -0.291. The molecule has 0 saturated carbocycles. The smallest absolute Gasteiger partial charge is 0.263 e. The van der Waals surface area contributed by atoms with Gasteiger partial charge < -0.3 is 0 Å². The van der Waals surface area contributed by atoms with Crippen molar-refractivity contribution >= 4 is 20.7 Å². The largest absolute Gasteiger partial charge is 0.418 e. The summed E-state index contributed by atoms with van der Waals surface area (Å²) < 4.78 is 64.6. The monoisotopic (exact) mass is 442 g/mol. The Labute approximate surface area is 177 Å². The van der Waals surface area contributed by atoms with Gasteiger partial charge in [-0.1, -0.05) is 37.3 Å². The fraction of sp³-hybridized carbons (Fsp3) is 0.130. The van der Waals surface area contributed by atoms with Gasteiger partial charge in [0.15, 0.2) is 9.84 Å². The maximum Gasteiger partial charge on any atom is 0.418 e. The first-order chi connectivity index (χ1) is 14.7. The van der Waals surface area contributed by atoms with E-state index >= 15 is 0 Å². The van der Waals surface area contributed by atoms with Crippen molar-refractivity contribution < 1.29 is 21.6 Å². The molecule has 2 aromatic carbocycles. The predicted molar refractivity (Wildman–Crippen MR) is 113 cm³/mol. The molecule has 0 bridgehead atoms. The van der Waals surface area contributed by atoms with Crippen molar-refractivity contribution in [3.63, 3.8) is 0 Å². The number of halogens is 3. The highest BCUT2D eigenvalue weighted by molar-refractivity contribution is 7.91. The molecule has 0 radical (unpaired) electrons. The van der Waals surface area contributed by atoms with Crippen LogP contribution >= 0.6 is 0 Å². The van der Waals surface area contributed by atoms with Crippen molar-refractivity contribution in [2.24, 2.45) is 0 Å². The number of alkyl halides is 3. The zero-order valence-electron chi connectivity index (χ0n) is 16.4. The maximum absolute atomic E-state index is 13.4. The Hall–Kier alpha value is -3.26. The third kappa shape index (κ3) is 4.03. The van der Waals surface area contributed by atoms with E-state index < -0.39 is 21.6 Å². The molecule has 2 aromatic heterocycles. The summed E-state index contributed by atoms with van der Waals surface area (Å²) >= 11 is 0. The van der Waals surface area contributed by atoms with Crippen molar-refractivity contribution in [3.8, 4) is 22.3 Å². The molecular formula is C23H17F3N2O2S. The summed E-state index contributed by atoms with van der Waals surface area (Å²) in [6.45, 7) is 1.56. The number of fused-ring (bicyclic) bond motifs is 1. The number of nitrogens with zero attached hydrogens (tertiary/aromatic N) is 2. The summed E-state index contributed by atoms with van der Waals surface area (Å²) in [6, 6.07) is 14.4. The summed E-state index contributed by atoms with van der Waals surface area (Å²) in [5.74, 6) is -0.0390. The lowest BCUT2D eigenvalue weighted by Crippen LogP contribution is -2.06. The number of para-hydroxylation sites is 1. The van der Waals surface area contributed by atoms with Crippen molar-refractivity contribution in [2.75, 3.05) is 5.75 Å². The molecule has 0 fully saturated rings. The summed E-state index contributed by atoms with van der Waals surface area (Å²) in [5, 5.41) is 0.384. The molecule has 0 N–H and O–H groups in total. The highest BCUT2D eigenvalue weighted by Gasteiger charge is 2.33. The first-order valence-electron chi connectivity index (χ1n) is 9.44. The standard InChI is InChI=1S/C23H17F3N2O2S/c1-2-31(29,30)18-12-17(13-27-14-18)15-5-3-6-16(11-15)19-9-10-28-22-20(19)7-4-8-21(22)23(24,25)26/h3-14H,2H2,1H3. The van der Waals surface area contributed by atoms with Gasteiger partial charge in [-0.25, -0.2) is 8.42 Å². The second-order valence-corrected chi connectivity index (χ2v) is 9.23. The number of benzene rings is 2. The lowest BCUT2D eigenvalue weighted by atomic mass is 9.96. The van der Waals surface area contributed by atoms with Crippen molar-refractivity contribution in [2.45, 2.75) is 18.0 Å². The highest BCUT2D eigenvalue weighted by atomic mass is 32.2. The van der Waals surface area contributed by atoms with Crippen LogP contribution in [0.25, 0.3) is 33.2 Å². The van der Waals surface area contributed by atoms with Crippen molar-refractivity contribution in [1.82, 2.24) is 9.97 Å². The average Bonchev–Trinajstić information content (AvgIpc) is 2.78. The Morgan fingerprint density at radius 2 is 1.65 bits per heavy atom. The molecule has 0 amide bonds. The third-order valence-corrected chi connectivity index (χ3v) is 6.74. The van der Waals surface area contributed by atoms with E-state index in [1.54, 1.807) is 55.6 Å². The number of hydrogen-bond acceptors (Lipinski definition) is 4. The predicted octanol–water partition coefficient (Wildman–Crippen LogP) is 5.78. The normalized spacial score (nSPS) is 12.3. The molecule has 0 aliphatic rings. The van der Waals surface area contributed by atoms with Gasteiger partial charge in [0.1, 0.15) is 0 Å². The molecule has 0 aliphatic heterocycles. The van der Waals surface area contributed by atoms with Crippen LogP contribution in [0.4, 0.5) is 13.2 Å². The Bertz CT molecular complexity index is 1380. The molecule has 4 rings (SSSR count). The van der Waals surface area contributed by atoms with Crippen LogP contribution in [0, 0.1) is 0 Å². The topological polar surface area (TPSA) is 59.9 Å². The molecule has 31 heavy (non-hydrogen) atoms. The Morgan fingerprint density at radius 1 is 0.903 bits per heavy atom. The van der Waals surface area contributed by atoms with Crippen molar-refractivity contribution in [3.05, 3.63) is 78.8 Å². The van der Waals surface area contributed by atoms with Gasteiger partial charge in [0, 0.05) is 29.5 Å².